The van der Waals surface area contributed by atoms with E-state index in [1.807, 2.05) is 14.0 Å². The van der Waals surface area contributed by atoms with E-state index in [-0.39, 0.29) is 12.7 Å². The molecule has 0 bridgehead atoms. The molecule has 194 valence electrons. The summed E-state index contributed by atoms with van der Waals surface area (Å²) < 4.78 is 12.1. The Kier molecular flexibility index (Phi) is 15.1. The first kappa shape index (κ1) is 29.8. The molecule has 0 heterocycles. The van der Waals surface area contributed by atoms with Crippen molar-refractivity contribution in [2.24, 2.45) is 0 Å². The topological polar surface area (TPSA) is 62.8 Å². The standard InChI is InChI=1S/C28H49N3O3/c1-8-14-22(4)26(34-25-16-12-11-13-17-25)19-18-23(5)27(30-29-6)24(15-9-2)21-33-28(32)31(7)20-10-3/h14,18-19,25,29-30H,8-13,15-17,20-21H2,1-7H3/b22-14+,23-18+,26-19+,27-24+. The average molecular weight is 476 g/mol. The van der Waals surface area contributed by atoms with Crippen LogP contribution in [0.15, 0.2) is 46.4 Å². The van der Waals surface area contributed by atoms with Gasteiger partial charge in [-0.2, -0.15) is 0 Å². The molecule has 1 fully saturated rings. The van der Waals surface area contributed by atoms with E-state index in [0.717, 1.165) is 61.1 Å². The Bertz CT molecular complexity index is 731. The third-order valence-corrected chi connectivity index (χ3v) is 6.02. The average Bonchev–Trinajstić information content (AvgIpc) is 2.83. The smallest absolute Gasteiger partial charge is 0.409 e. The SMILES string of the molecule is CC/C=C(C)/C(=C\C=C(C)\C(NNC)=C(\CCC)COC(=O)N(C)CCC)OC1CCCCC1. The van der Waals surface area contributed by atoms with Crippen LogP contribution in [0, 0.1) is 0 Å². The van der Waals surface area contributed by atoms with Gasteiger partial charge in [0.25, 0.3) is 0 Å². The fourth-order valence-electron chi connectivity index (χ4n) is 4.16. The van der Waals surface area contributed by atoms with Crippen molar-refractivity contribution in [2.45, 2.75) is 98.5 Å². The lowest BCUT2D eigenvalue weighted by Crippen LogP contribution is -2.31. The molecule has 0 aromatic carbocycles. The number of rotatable bonds is 14. The number of allylic oxidation sites excluding steroid dienone is 5. The second-order valence-electron chi connectivity index (χ2n) is 9.13. The number of ether oxygens (including phenoxy) is 2. The normalized spacial score (nSPS) is 16.7. The molecule has 0 unspecified atom stereocenters. The van der Waals surface area contributed by atoms with Gasteiger partial charge in [-0.15, -0.1) is 0 Å². The zero-order chi connectivity index (χ0) is 25.3. The van der Waals surface area contributed by atoms with Crippen LogP contribution >= 0.6 is 0 Å². The van der Waals surface area contributed by atoms with Gasteiger partial charge in [0.2, 0.25) is 0 Å². The lowest BCUT2D eigenvalue weighted by molar-refractivity contribution is 0.0874. The van der Waals surface area contributed by atoms with Crippen molar-refractivity contribution in [2.75, 3.05) is 27.2 Å². The Morgan fingerprint density at radius 3 is 2.32 bits per heavy atom. The molecule has 34 heavy (non-hydrogen) atoms. The number of hydrazine groups is 1. The summed E-state index contributed by atoms with van der Waals surface area (Å²) in [5.74, 6) is 0.946. The number of nitrogens with one attached hydrogen (secondary N) is 2. The second-order valence-corrected chi connectivity index (χ2v) is 9.13. The van der Waals surface area contributed by atoms with E-state index in [0.29, 0.717) is 12.6 Å². The summed E-state index contributed by atoms with van der Waals surface area (Å²) in [7, 11) is 3.62. The zero-order valence-electron chi connectivity index (χ0n) is 22.8. The van der Waals surface area contributed by atoms with Crippen molar-refractivity contribution >= 4 is 6.09 Å². The highest BCUT2D eigenvalue weighted by molar-refractivity contribution is 5.67. The number of hydrogen-bond donors (Lipinski definition) is 2. The lowest BCUT2D eigenvalue weighted by Gasteiger charge is -2.25. The minimum absolute atomic E-state index is 0.264. The minimum atomic E-state index is -0.288. The van der Waals surface area contributed by atoms with Crippen molar-refractivity contribution < 1.29 is 14.3 Å². The molecule has 1 saturated carbocycles. The zero-order valence-corrected chi connectivity index (χ0v) is 22.8. The molecular formula is C28H49N3O3. The fourth-order valence-corrected chi connectivity index (χ4v) is 4.16. The van der Waals surface area contributed by atoms with E-state index in [9.17, 15) is 4.79 Å². The van der Waals surface area contributed by atoms with Crippen LogP contribution < -0.4 is 10.9 Å². The van der Waals surface area contributed by atoms with E-state index >= 15 is 0 Å². The molecule has 1 aliphatic rings. The number of hydrogen-bond acceptors (Lipinski definition) is 5. The van der Waals surface area contributed by atoms with Crippen LogP contribution in [-0.4, -0.2) is 44.3 Å². The van der Waals surface area contributed by atoms with Crippen LogP contribution in [0.5, 0.6) is 0 Å². The number of amides is 1. The first-order valence-electron chi connectivity index (χ1n) is 13.1. The molecule has 1 aliphatic carbocycles. The molecule has 0 aromatic rings. The van der Waals surface area contributed by atoms with Crippen LogP contribution in [0.2, 0.25) is 0 Å². The van der Waals surface area contributed by atoms with Crippen LogP contribution in [0.1, 0.15) is 92.4 Å². The van der Waals surface area contributed by atoms with Crippen molar-refractivity contribution in [1.82, 2.24) is 15.8 Å². The van der Waals surface area contributed by atoms with Gasteiger partial charge in [0.1, 0.15) is 12.4 Å². The van der Waals surface area contributed by atoms with Gasteiger partial charge in [-0.25, -0.2) is 10.2 Å². The lowest BCUT2D eigenvalue weighted by atomic mass is 9.97. The maximum absolute atomic E-state index is 12.3. The Labute approximate surface area is 208 Å². The summed E-state index contributed by atoms with van der Waals surface area (Å²) >= 11 is 0. The number of nitrogens with zero attached hydrogens (tertiary/aromatic N) is 1. The van der Waals surface area contributed by atoms with E-state index in [2.05, 4.69) is 56.8 Å². The van der Waals surface area contributed by atoms with Gasteiger partial charge in [0.15, 0.2) is 0 Å². The molecule has 0 saturated heterocycles. The molecule has 1 amide bonds. The monoisotopic (exact) mass is 475 g/mol. The van der Waals surface area contributed by atoms with Gasteiger partial charge in [-0.1, -0.05) is 45.8 Å². The van der Waals surface area contributed by atoms with Crippen LogP contribution in [-0.2, 0) is 9.47 Å². The Balaban J connectivity index is 3.19. The van der Waals surface area contributed by atoms with Gasteiger partial charge >= 0.3 is 6.09 Å². The van der Waals surface area contributed by atoms with Crippen molar-refractivity contribution in [3.63, 3.8) is 0 Å². The van der Waals surface area contributed by atoms with Crippen molar-refractivity contribution in [3.8, 4) is 0 Å². The Hall–Kier alpha value is -2.21. The predicted octanol–water partition coefficient (Wildman–Crippen LogP) is 6.78. The highest BCUT2D eigenvalue weighted by atomic mass is 16.6. The van der Waals surface area contributed by atoms with Crippen molar-refractivity contribution in [1.29, 1.82) is 0 Å². The third-order valence-electron chi connectivity index (χ3n) is 6.02. The number of carbonyl (C=O) groups is 1. The molecular weight excluding hydrogens is 426 g/mol. The Morgan fingerprint density at radius 1 is 1.03 bits per heavy atom. The molecule has 0 aliphatic heterocycles. The van der Waals surface area contributed by atoms with Crippen LogP contribution in [0.25, 0.3) is 0 Å². The highest BCUT2D eigenvalue weighted by Crippen LogP contribution is 2.26. The Morgan fingerprint density at radius 2 is 1.74 bits per heavy atom. The van der Waals surface area contributed by atoms with E-state index < -0.39 is 0 Å². The fraction of sp³-hybridized carbons (Fsp3) is 0.679. The van der Waals surface area contributed by atoms with Crippen LogP contribution in [0.3, 0.4) is 0 Å². The summed E-state index contributed by atoms with van der Waals surface area (Å²) in [6, 6.07) is 0. The van der Waals surface area contributed by atoms with Gasteiger partial charge < -0.3 is 19.8 Å². The third kappa shape index (κ3) is 10.8. The molecule has 2 N–H and O–H groups in total. The van der Waals surface area contributed by atoms with Crippen LogP contribution in [0.4, 0.5) is 4.79 Å². The predicted molar refractivity (Wildman–Crippen MR) is 142 cm³/mol. The van der Waals surface area contributed by atoms with E-state index in [1.165, 1.54) is 24.8 Å². The quantitative estimate of drug-likeness (QED) is 0.165. The molecule has 0 atom stereocenters. The van der Waals surface area contributed by atoms with Gasteiger partial charge in [0.05, 0.1) is 11.8 Å². The van der Waals surface area contributed by atoms with E-state index in [1.54, 1.807) is 11.9 Å². The minimum Gasteiger partial charge on any atom is -0.490 e. The summed E-state index contributed by atoms with van der Waals surface area (Å²) in [6.45, 7) is 11.5. The molecule has 0 spiro atoms. The molecule has 1 rings (SSSR count). The highest BCUT2D eigenvalue weighted by Gasteiger charge is 2.17. The maximum Gasteiger partial charge on any atom is 0.409 e. The first-order valence-corrected chi connectivity index (χ1v) is 13.1. The van der Waals surface area contributed by atoms with Gasteiger partial charge in [0, 0.05) is 20.6 Å². The van der Waals surface area contributed by atoms with Crippen molar-refractivity contribution in [3.05, 3.63) is 46.4 Å². The molecule has 6 heteroatoms. The maximum atomic E-state index is 12.3. The summed E-state index contributed by atoms with van der Waals surface area (Å²) in [5, 5.41) is 0. The summed E-state index contributed by atoms with van der Waals surface area (Å²) in [6.07, 6.45) is 16.2. The molecule has 0 aromatic heterocycles. The molecule has 0 radical (unpaired) electrons. The summed E-state index contributed by atoms with van der Waals surface area (Å²) in [4.78, 5) is 14.0. The number of carbonyl (C=O) groups excluding carboxylic acids is 1. The first-order chi connectivity index (χ1) is 16.4. The summed E-state index contributed by atoms with van der Waals surface area (Å²) in [5.41, 5.74) is 10.6. The largest absolute Gasteiger partial charge is 0.490 e. The van der Waals surface area contributed by atoms with Gasteiger partial charge in [-0.05, 0) is 81.6 Å². The van der Waals surface area contributed by atoms with E-state index in [4.69, 9.17) is 9.47 Å². The molecule has 6 nitrogen and oxygen atoms in total. The van der Waals surface area contributed by atoms with Gasteiger partial charge in [-0.3, -0.25) is 0 Å². The second kappa shape index (κ2) is 17.3.